The highest BCUT2D eigenvalue weighted by Crippen LogP contribution is 2.26. The highest BCUT2D eigenvalue weighted by atomic mass is 32.2. The zero-order valence-electron chi connectivity index (χ0n) is 17.0. The number of hydrogen-bond acceptors (Lipinski definition) is 4. The minimum atomic E-state index is -3.66. The second-order valence-corrected chi connectivity index (χ2v) is 8.56. The molecule has 0 spiro atoms. The van der Waals surface area contributed by atoms with Crippen molar-refractivity contribution in [3.63, 3.8) is 0 Å². The summed E-state index contributed by atoms with van der Waals surface area (Å²) in [6.07, 6.45) is 1.46. The molecule has 6 nitrogen and oxygen atoms in total. The average Bonchev–Trinajstić information content (AvgIpc) is 2.63. The number of sulfonamides is 1. The molecular formula is C21H28N2O4S. The molecule has 0 fully saturated rings. The van der Waals surface area contributed by atoms with E-state index in [1.165, 1.54) is 4.31 Å². The van der Waals surface area contributed by atoms with Gasteiger partial charge in [0.15, 0.2) is 0 Å². The molecule has 0 heterocycles. The molecule has 28 heavy (non-hydrogen) atoms. The molecule has 0 unspecified atom stereocenters. The number of aryl methyl sites for hydroxylation is 2. The predicted octanol–water partition coefficient (Wildman–Crippen LogP) is 3.89. The Morgan fingerprint density at radius 2 is 1.71 bits per heavy atom. The first kappa shape index (κ1) is 21.8. The molecule has 0 saturated heterocycles. The molecule has 7 heteroatoms. The van der Waals surface area contributed by atoms with Crippen molar-refractivity contribution in [1.29, 1.82) is 0 Å². The quantitative estimate of drug-likeness (QED) is 0.724. The predicted molar refractivity (Wildman–Crippen MR) is 114 cm³/mol. The second kappa shape index (κ2) is 9.10. The van der Waals surface area contributed by atoms with Gasteiger partial charge in [0.05, 0.1) is 18.6 Å². The van der Waals surface area contributed by atoms with Gasteiger partial charge in [0.1, 0.15) is 11.8 Å². The van der Waals surface area contributed by atoms with Gasteiger partial charge in [-0.3, -0.25) is 9.10 Å². The van der Waals surface area contributed by atoms with Crippen LogP contribution in [0.15, 0.2) is 42.5 Å². The third kappa shape index (κ3) is 5.25. The van der Waals surface area contributed by atoms with Gasteiger partial charge in [-0.1, -0.05) is 13.0 Å². The smallest absolute Gasteiger partial charge is 0.248 e. The van der Waals surface area contributed by atoms with Gasteiger partial charge in [-0.15, -0.1) is 0 Å². The molecule has 0 aliphatic heterocycles. The molecule has 152 valence electrons. The summed E-state index contributed by atoms with van der Waals surface area (Å²) in [7, 11) is -3.66. The summed E-state index contributed by atoms with van der Waals surface area (Å²) < 4.78 is 31.7. The van der Waals surface area contributed by atoms with Crippen LogP contribution in [0.1, 0.15) is 31.4 Å². The van der Waals surface area contributed by atoms with E-state index in [1.54, 1.807) is 43.3 Å². The molecule has 2 rings (SSSR count). The normalized spacial score (nSPS) is 12.3. The van der Waals surface area contributed by atoms with Crippen molar-refractivity contribution in [2.75, 3.05) is 22.5 Å². The lowest BCUT2D eigenvalue weighted by molar-refractivity contribution is -0.117. The van der Waals surface area contributed by atoms with Crippen LogP contribution in [0, 0.1) is 13.8 Å². The van der Waals surface area contributed by atoms with E-state index in [0.717, 1.165) is 17.4 Å². The van der Waals surface area contributed by atoms with Crippen LogP contribution in [0.3, 0.4) is 0 Å². The Morgan fingerprint density at radius 1 is 1.07 bits per heavy atom. The number of hydrogen-bond donors (Lipinski definition) is 1. The Hall–Kier alpha value is -2.54. The highest BCUT2D eigenvalue weighted by Gasteiger charge is 2.31. The number of carbonyl (C=O) groups excluding carboxylic acids is 1. The minimum absolute atomic E-state index is 0.336. The van der Waals surface area contributed by atoms with Crippen molar-refractivity contribution in [2.45, 2.75) is 40.2 Å². The summed E-state index contributed by atoms with van der Waals surface area (Å²) in [6.45, 7) is 8.12. The van der Waals surface area contributed by atoms with Crippen molar-refractivity contribution in [3.05, 3.63) is 53.6 Å². The third-order valence-electron chi connectivity index (χ3n) is 4.51. The minimum Gasteiger partial charge on any atom is -0.494 e. The van der Waals surface area contributed by atoms with Gasteiger partial charge in [0, 0.05) is 5.69 Å². The lowest BCUT2D eigenvalue weighted by atomic mass is 10.1. The van der Waals surface area contributed by atoms with E-state index in [4.69, 9.17) is 4.74 Å². The Morgan fingerprint density at radius 3 is 2.21 bits per heavy atom. The van der Waals surface area contributed by atoms with E-state index >= 15 is 0 Å². The largest absolute Gasteiger partial charge is 0.494 e. The Balaban J connectivity index is 2.32. The molecule has 2 aromatic carbocycles. The molecule has 1 amide bonds. The summed E-state index contributed by atoms with van der Waals surface area (Å²) >= 11 is 0. The van der Waals surface area contributed by atoms with E-state index in [-0.39, 0.29) is 5.91 Å². The van der Waals surface area contributed by atoms with Gasteiger partial charge in [-0.25, -0.2) is 8.42 Å². The molecule has 0 bridgehead atoms. The topological polar surface area (TPSA) is 75.7 Å². The fourth-order valence-corrected chi connectivity index (χ4v) is 4.15. The number of nitrogens with one attached hydrogen (secondary N) is 1. The van der Waals surface area contributed by atoms with Crippen LogP contribution in [-0.2, 0) is 14.8 Å². The van der Waals surface area contributed by atoms with Gasteiger partial charge in [0.25, 0.3) is 0 Å². The summed E-state index contributed by atoms with van der Waals surface area (Å²) in [5.74, 6) is 0.329. The molecule has 0 aromatic heterocycles. The van der Waals surface area contributed by atoms with Crippen LogP contribution in [0.2, 0.25) is 0 Å². The van der Waals surface area contributed by atoms with E-state index < -0.39 is 16.1 Å². The Bertz CT molecular complexity index is 924. The van der Waals surface area contributed by atoms with E-state index in [1.807, 2.05) is 26.8 Å². The van der Waals surface area contributed by atoms with Crippen LogP contribution in [0.25, 0.3) is 0 Å². The number of anilines is 2. The van der Waals surface area contributed by atoms with Crippen LogP contribution >= 0.6 is 0 Å². The van der Waals surface area contributed by atoms with E-state index in [2.05, 4.69) is 5.32 Å². The van der Waals surface area contributed by atoms with Gasteiger partial charge in [-0.2, -0.15) is 0 Å². The van der Waals surface area contributed by atoms with Crippen LogP contribution in [0.4, 0.5) is 11.4 Å². The Labute approximate surface area is 167 Å². The number of rotatable bonds is 8. The van der Waals surface area contributed by atoms with Gasteiger partial charge in [0.2, 0.25) is 15.9 Å². The first-order valence-electron chi connectivity index (χ1n) is 9.27. The number of nitrogens with zero attached hydrogens (tertiary/aromatic N) is 1. The van der Waals surface area contributed by atoms with Gasteiger partial charge >= 0.3 is 0 Å². The van der Waals surface area contributed by atoms with E-state index in [9.17, 15) is 13.2 Å². The molecule has 2 aromatic rings. The fraction of sp³-hybridized carbons (Fsp3) is 0.381. The summed E-state index contributed by atoms with van der Waals surface area (Å²) in [6, 6.07) is 11.5. The summed E-state index contributed by atoms with van der Waals surface area (Å²) in [4.78, 5) is 12.9. The monoisotopic (exact) mass is 404 g/mol. The molecular weight excluding hydrogens is 376 g/mol. The highest BCUT2D eigenvalue weighted by molar-refractivity contribution is 7.92. The lowest BCUT2D eigenvalue weighted by Gasteiger charge is -2.30. The molecule has 1 atom stereocenters. The molecule has 0 aliphatic carbocycles. The Kier molecular flexibility index (Phi) is 7.07. The van der Waals surface area contributed by atoms with Crippen molar-refractivity contribution >= 4 is 27.3 Å². The fourth-order valence-electron chi connectivity index (χ4n) is 2.95. The lowest BCUT2D eigenvalue weighted by Crippen LogP contribution is -2.47. The third-order valence-corrected chi connectivity index (χ3v) is 5.69. The zero-order chi connectivity index (χ0) is 20.9. The summed E-state index contributed by atoms with van der Waals surface area (Å²) in [5, 5.41) is 2.81. The standard InChI is InChI=1S/C21H28N2O4S/c1-6-20(21(24)22-17-9-12-19(13-10-17)27-7-2)23(28(5,25)26)18-11-8-15(3)16(4)14-18/h8-14,20H,6-7H2,1-5H3,(H,22,24)/t20-/m1/s1. The number of ether oxygens (including phenoxy) is 1. The number of amides is 1. The molecule has 1 N–H and O–H groups in total. The number of carbonyl (C=O) groups is 1. The first-order chi connectivity index (χ1) is 13.2. The van der Waals surface area contributed by atoms with Gasteiger partial charge < -0.3 is 10.1 Å². The van der Waals surface area contributed by atoms with E-state index in [0.29, 0.717) is 30.2 Å². The maximum atomic E-state index is 12.9. The maximum absolute atomic E-state index is 12.9. The van der Waals surface area contributed by atoms with Crippen molar-refractivity contribution in [2.24, 2.45) is 0 Å². The molecule has 0 saturated carbocycles. The zero-order valence-corrected chi connectivity index (χ0v) is 17.8. The van der Waals surface area contributed by atoms with Crippen molar-refractivity contribution in [3.8, 4) is 5.75 Å². The van der Waals surface area contributed by atoms with Crippen molar-refractivity contribution < 1.29 is 17.9 Å². The van der Waals surface area contributed by atoms with Gasteiger partial charge in [-0.05, 0) is 74.7 Å². The first-order valence-corrected chi connectivity index (χ1v) is 11.1. The number of benzene rings is 2. The second-order valence-electron chi connectivity index (χ2n) is 6.70. The SMILES string of the molecule is CCOc1ccc(NC(=O)[C@@H](CC)N(c2ccc(C)c(C)c2)S(C)(=O)=O)cc1. The van der Waals surface area contributed by atoms with Crippen molar-refractivity contribution in [1.82, 2.24) is 0 Å². The average molecular weight is 405 g/mol. The van der Waals surface area contributed by atoms with Crippen LogP contribution in [0.5, 0.6) is 5.75 Å². The van der Waals surface area contributed by atoms with Crippen LogP contribution < -0.4 is 14.4 Å². The molecule has 0 aliphatic rings. The summed E-state index contributed by atoms with van der Waals surface area (Å²) in [5.41, 5.74) is 3.09. The van der Waals surface area contributed by atoms with Crippen LogP contribution in [-0.4, -0.2) is 33.2 Å². The maximum Gasteiger partial charge on any atom is 0.248 e. The molecule has 0 radical (unpaired) electrons.